The summed E-state index contributed by atoms with van der Waals surface area (Å²) in [5, 5.41) is 11.8. The van der Waals surface area contributed by atoms with Crippen LogP contribution in [0.25, 0.3) is 10.8 Å². The van der Waals surface area contributed by atoms with E-state index in [-0.39, 0.29) is 36.1 Å². The lowest BCUT2D eigenvalue weighted by Crippen LogP contribution is -2.48. The Morgan fingerprint density at radius 2 is 1.73 bits per heavy atom. The Hall–Kier alpha value is -3.58. The number of nitrogens with zero attached hydrogens (tertiary/aromatic N) is 2. The van der Waals surface area contributed by atoms with Gasteiger partial charge in [0, 0.05) is 43.4 Å². The van der Waals surface area contributed by atoms with Crippen LogP contribution in [0.15, 0.2) is 60.7 Å². The molecule has 2 unspecified atom stereocenters. The average Bonchev–Trinajstić information content (AvgIpc) is 3.03. The predicted octanol–water partition coefficient (Wildman–Crippen LogP) is 6.28. The second-order valence-corrected chi connectivity index (χ2v) is 11.7. The van der Waals surface area contributed by atoms with Crippen LogP contribution in [-0.2, 0) is 14.3 Å². The minimum absolute atomic E-state index is 0.0269. The van der Waals surface area contributed by atoms with Gasteiger partial charge in [-0.05, 0) is 51.9 Å². The van der Waals surface area contributed by atoms with Gasteiger partial charge in [-0.1, -0.05) is 74.0 Å². The van der Waals surface area contributed by atoms with E-state index in [4.69, 9.17) is 21.4 Å². The van der Waals surface area contributed by atoms with E-state index >= 15 is 0 Å². The first kappa shape index (κ1) is 28.0. The van der Waals surface area contributed by atoms with Crippen molar-refractivity contribution in [3.05, 3.63) is 82.4 Å². The van der Waals surface area contributed by atoms with Gasteiger partial charge >= 0.3 is 6.16 Å². The molecular formula is C32H35ClN2O5. The zero-order valence-corrected chi connectivity index (χ0v) is 23.6. The van der Waals surface area contributed by atoms with Gasteiger partial charge in [0.2, 0.25) is 11.8 Å². The summed E-state index contributed by atoms with van der Waals surface area (Å²) in [6.07, 6.45) is -0.144. The van der Waals surface area contributed by atoms with E-state index in [1.807, 2.05) is 36.4 Å². The zero-order valence-electron chi connectivity index (χ0n) is 22.9. The molecule has 0 aliphatic carbocycles. The SMILES string of the molecule is CC(C)CC1C(=O)N(CC(=O)N2CCC(OC(=O)O)CC2)CC(c2cccc3ccccc23)c2cc(Cl)ccc21. The number of carbonyl (C=O) groups is 3. The third-order valence-electron chi connectivity index (χ3n) is 8.11. The molecule has 1 saturated heterocycles. The summed E-state index contributed by atoms with van der Waals surface area (Å²) in [6.45, 7) is 5.34. The monoisotopic (exact) mass is 562 g/mol. The Morgan fingerprint density at radius 3 is 2.45 bits per heavy atom. The van der Waals surface area contributed by atoms with Gasteiger partial charge in [0.15, 0.2) is 0 Å². The Kier molecular flexibility index (Phi) is 8.31. The fourth-order valence-corrected chi connectivity index (χ4v) is 6.40. The fraction of sp³-hybridized carbons (Fsp3) is 0.406. The number of hydrogen-bond donors (Lipinski definition) is 1. The molecule has 3 aromatic rings. The molecule has 5 rings (SSSR count). The summed E-state index contributed by atoms with van der Waals surface area (Å²) in [5.41, 5.74) is 3.11. The predicted molar refractivity (Wildman–Crippen MR) is 155 cm³/mol. The Morgan fingerprint density at radius 1 is 1.00 bits per heavy atom. The molecule has 1 fully saturated rings. The number of carboxylic acid groups (broad SMARTS) is 1. The van der Waals surface area contributed by atoms with Gasteiger partial charge in [0.1, 0.15) is 6.10 Å². The topological polar surface area (TPSA) is 87.2 Å². The summed E-state index contributed by atoms with van der Waals surface area (Å²) in [4.78, 5) is 42.1. The van der Waals surface area contributed by atoms with Crippen molar-refractivity contribution in [3.8, 4) is 0 Å². The molecule has 7 nitrogen and oxygen atoms in total. The van der Waals surface area contributed by atoms with Crippen molar-refractivity contribution >= 4 is 40.3 Å². The molecule has 8 heteroatoms. The van der Waals surface area contributed by atoms with Gasteiger partial charge in [-0.25, -0.2) is 4.79 Å². The molecule has 0 spiro atoms. The molecule has 2 aliphatic heterocycles. The molecule has 2 heterocycles. The van der Waals surface area contributed by atoms with Crippen molar-refractivity contribution in [1.82, 2.24) is 9.80 Å². The number of likely N-dealkylation sites (tertiary alicyclic amines) is 1. The van der Waals surface area contributed by atoms with E-state index in [1.54, 1.807) is 9.80 Å². The molecule has 0 radical (unpaired) electrons. The molecule has 2 amide bonds. The van der Waals surface area contributed by atoms with Crippen LogP contribution in [-0.4, -0.2) is 65.2 Å². The van der Waals surface area contributed by atoms with Gasteiger partial charge in [-0.2, -0.15) is 0 Å². The van der Waals surface area contributed by atoms with Crippen LogP contribution >= 0.6 is 11.6 Å². The maximum atomic E-state index is 14.2. The van der Waals surface area contributed by atoms with Crippen molar-refractivity contribution in [1.29, 1.82) is 0 Å². The van der Waals surface area contributed by atoms with E-state index in [9.17, 15) is 14.4 Å². The fourth-order valence-electron chi connectivity index (χ4n) is 6.22. The summed E-state index contributed by atoms with van der Waals surface area (Å²) < 4.78 is 4.90. The number of piperidine rings is 1. The number of ether oxygens (including phenoxy) is 1. The summed E-state index contributed by atoms with van der Waals surface area (Å²) in [7, 11) is 0. The molecule has 0 saturated carbocycles. The van der Waals surface area contributed by atoms with Gasteiger partial charge < -0.3 is 19.6 Å². The number of amides is 2. The number of hydrogen-bond acceptors (Lipinski definition) is 4. The summed E-state index contributed by atoms with van der Waals surface area (Å²) in [6, 6.07) is 20.3. The van der Waals surface area contributed by atoms with E-state index in [1.165, 1.54) is 0 Å². The molecule has 40 heavy (non-hydrogen) atoms. The molecule has 210 valence electrons. The van der Waals surface area contributed by atoms with Crippen LogP contribution in [0.2, 0.25) is 5.02 Å². The first-order valence-corrected chi connectivity index (χ1v) is 14.3. The second kappa shape index (κ2) is 11.9. The van der Waals surface area contributed by atoms with Crippen LogP contribution in [0.3, 0.4) is 0 Å². The van der Waals surface area contributed by atoms with Crippen LogP contribution in [0.5, 0.6) is 0 Å². The van der Waals surface area contributed by atoms with Crippen LogP contribution in [0, 0.1) is 5.92 Å². The Bertz CT molecular complexity index is 1410. The second-order valence-electron chi connectivity index (χ2n) is 11.3. The van der Waals surface area contributed by atoms with E-state index in [2.05, 4.69) is 38.1 Å². The maximum absolute atomic E-state index is 14.2. The number of fused-ring (bicyclic) bond motifs is 2. The van der Waals surface area contributed by atoms with Crippen molar-refractivity contribution in [2.75, 3.05) is 26.2 Å². The molecule has 0 aromatic heterocycles. The first-order chi connectivity index (χ1) is 19.2. The van der Waals surface area contributed by atoms with Crippen molar-refractivity contribution in [2.24, 2.45) is 5.92 Å². The molecule has 1 N–H and O–H groups in total. The number of rotatable bonds is 6. The lowest BCUT2D eigenvalue weighted by molar-refractivity contribution is -0.142. The number of carbonyl (C=O) groups excluding carboxylic acids is 2. The highest BCUT2D eigenvalue weighted by molar-refractivity contribution is 6.30. The Balaban J connectivity index is 1.51. The normalized spacial score (nSPS) is 19.9. The minimum Gasteiger partial charge on any atom is -0.450 e. The number of halogens is 1. The van der Waals surface area contributed by atoms with E-state index < -0.39 is 12.3 Å². The third kappa shape index (κ3) is 5.94. The first-order valence-electron chi connectivity index (χ1n) is 13.9. The molecule has 2 aliphatic rings. The summed E-state index contributed by atoms with van der Waals surface area (Å²) >= 11 is 6.55. The van der Waals surface area contributed by atoms with Gasteiger partial charge in [0.25, 0.3) is 0 Å². The lowest BCUT2D eigenvalue weighted by Gasteiger charge is -2.34. The lowest BCUT2D eigenvalue weighted by atomic mass is 9.81. The zero-order chi connectivity index (χ0) is 28.4. The number of benzene rings is 3. The van der Waals surface area contributed by atoms with Gasteiger partial charge in [-0.3, -0.25) is 9.59 Å². The summed E-state index contributed by atoms with van der Waals surface area (Å²) in [5.74, 6) is -0.445. The van der Waals surface area contributed by atoms with E-state index in [0.717, 1.165) is 27.5 Å². The molecule has 2 atom stereocenters. The quantitative estimate of drug-likeness (QED) is 0.357. The van der Waals surface area contributed by atoms with Crippen LogP contribution in [0.4, 0.5) is 4.79 Å². The Labute approximate surface area is 239 Å². The van der Waals surface area contributed by atoms with Crippen LogP contribution in [0.1, 0.15) is 61.6 Å². The van der Waals surface area contributed by atoms with Crippen molar-refractivity contribution in [3.63, 3.8) is 0 Å². The van der Waals surface area contributed by atoms with Gasteiger partial charge in [-0.15, -0.1) is 0 Å². The van der Waals surface area contributed by atoms with E-state index in [0.29, 0.717) is 43.9 Å². The minimum atomic E-state index is -1.30. The standard InChI is InChI=1S/C32H35ClN2O5/c1-20(2)16-28-26-11-10-22(33)17-27(26)29(25-9-5-7-21-6-3-4-8-24(21)25)18-35(31(28)37)19-30(36)34-14-12-23(13-15-34)40-32(38)39/h3-11,17,20,23,28-29H,12-16,18-19H2,1-2H3,(H,38,39). The smallest absolute Gasteiger partial charge is 0.450 e. The highest BCUT2D eigenvalue weighted by Crippen LogP contribution is 2.42. The third-order valence-corrected chi connectivity index (χ3v) is 8.34. The largest absolute Gasteiger partial charge is 0.506 e. The molecule has 3 aromatic carbocycles. The molecular weight excluding hydrogens is 528 g/mol. The van der Waals surface area contributed by atoms with Crippen LogP contribution < -0.4 is 0 Å². The van der Waals surface area contributed by atoms with Crippen molar-refractivity contribution < 1.29 is 24.2 Å². The highest BCUT2D eigenvalue weighted by atomic mass is 35.5. The highest BCUT2D eigenvalue weighted by Gasteiger charge is 2.38. The maximum Gasteiger partial charge on any atom is 0.506 e. The molecule has 0 bridgehead atoms. The van der Waals surface area contributed by atoms with Crippen molar-refractivity contribution in [2.45, 2.75) is 51.0 Å². The average molecular weight is 563 g/mol. The van der Waals surface area contributed by atoms with Gasteiger partial charge in [0.05, 0.1) is 12.5 Å².